The Morgan fingerprint density at radius 1 is 0.449 bits per heavy atom. The van der Waals surface area contributed by atoms with E-state index in [4.69, 9.17) is 0 Å². The van der Waals surface area contributed by atoms with Gasteiger partial charge < -0.3 is 0 Å². The van der Waals surface area contributed by atoms with Crippen molar-refractivity contribution >= 4 is 0 Å². The third-order valence-electron chi connectivity index (χ3n) is 13.1. The first kappa shape index (κ1) is 38.3. The van der Waals surface area contributed by atoms with Crippen LogP contribution in [-0.2, 0) is 12.8 Å². The molecule has 0 N–H and O–H groups in total. The second-order valence-corrected chi connectivity index (χ2v) is 16.5. The maximum Gasteiger partial charge on any atom is 0.393 e. The van der Waals surface area contributed by atoms with Crippen molar-refractivity contribution in [2.45, 2.75) is 160 Å². The molecule has 4 saturated carbocycles. The molecule has 2 aromatic rings. The van der Waals surface area contributed by atoms with Crippen LogP contribution in [0.2, 0.25) is 0 Å². The third-order valence-corrected chi connectivity index (χ3v) is 13.1. The Hall–Kier alpha value is -1.98. The predicted octanol–water partition coefficient (Wildman–Crippen LogP) is 14.2. The van der Waals surface area contributed by atoms with Crippen LogP contribution in [0.5, 0.6) is 0 Å². The molecule has 6 rings (SSSR count). The first-order valence-electron chi connectivity index (χ1n) is 19.7. The molecule has 0 spiro atoms. The van der Waals surface area contributed by atoms with E-state index in [1.54, 1.807) is 24.3 Å². The zero-order valence-corrected chi connectivity index (χ0v) is 29.9. The fourth-order valence-corrected chi connectivity index (χ4v) is 9.95. The van der Waals surface area contributed by atoms with Crippen LogP contribution >= 0.6 is 0 Å². The fraction of sp³-hybridized carbons (Fsp3) is 0.721. The highest BCUT2D eigenvalue weighted by molar-refractivity contribution is 5.27. The molecule has 0 aromatic heterocycles. The topological polar surface area (TPSA) is 0 Å². The monoisotopic (exact) mass is 690 g/mol. The van der Waals surface area contributed by atoms with Gasteiger partial charge in [0, 0.05) is 0 Å². The van der Waals surface area contributed by atoms with Crippen molar-refractivity contribution in [3.05, 3.63) is 70.8 Å². The molecular weight excluding hydrogens is 630 g/mol. The molecule has 274 valence electrons. The molecule has 0 aliphatic heterocycles. The fourth-order valence-electron chi connectivity index (χ4n) is 9.95. The van der Waals surface area contributed by atoms with Gasteiger partial charge in [0.2, 0.25) is 0 Å². The Morgan fingerprint density at radius 2 is 0.755 bits per heavy atom. The van der Waals surface area contributed by atoms with Crippen molar-refractivity contribution in [2.75, 3.05) is 0 Å². The van der Waals surface area contributed by atoms with Gasteiger partial charge in [0.15, 0.2) is 0 Å². The zero-order valence-electron chi connectivity index (χ0n) is 29.9. The summed E-state index contributed by atoms with van der Waals surface area (Å²) in [6.45, 7) is 4.69. The van der Waals surface area contributed by atoms with Crippen LogP contribution < -0.4 is 0 Å². The summed E-state index contributed by atoms with van der Waals surface area (Å²) in [5, 5.41) is 0. The number of hydrogen-bond donors (Lipinski definition) is 0. The molecule has 2 aromatic carbocycles. The minimum absolute atomic E-state index is 0.372. The summed E-state index contributed by atoms with van der Waals surface area (Å²) in [6, 6.07) is 14.4. The molecule has 0 bridgehead atoms. The van der Waals surface area contributed by atoms with Crippen molar-refractivity contribution < 1.29 is 26.3 Å². The zero-order chi connectivity index (χ0) is 35.0. The second kappa shape index (κ2) is 17.5. The van der Waals surface area contributed by atoms with Crippen LogP contribution in [0.3, 0.4) is 0 Å². The molecule has 6 heteroatoms. The van der Waals surface area contributed by atoms with Crippen molar-refractivity contribution in [3.8, 4) is 0 Å². The van der Waals surface area contributed by atoms with Gasteiger partial charge in [-0.2, -0.15) is 26.3 Å². The summed E-state index contributed by atoms with van der Waals surface area (Å²) >= 11 is 0. The molecule has 0 amide bonds. The van der Waals surface area contributed by atoms with Gasteiger partial charge in [-0.1, -0.05) is 94.5 Å². The van der Waals surface area contributed by atoms with Crippen LogP contribution in [0, 0.1) is 35.5 Å². The average molecular weight is 691 g/mol. The molecule has 0 radical (unpaired) electrons. The smallest absolute Gasteiger partial charge is 0.171 e. The number of halogens is 6. The number of alkyl halides is 6. The number of hydrogen-bond acceptors (Lipinski definition) is 0. The van der Waals surface area contributed by atoms with Gasteiger partial charge in [-0.15, -0.1) is 0 Å². The highest BCUT2D eigenvalue weighted by Gasteiger charge is 2.33. The van der Waals surface area contributed by atoms with Gasteiger partial charge in [-0.05, 0) is 147 Å². The van der Waals surface area contributed by atoms with E-state index >= 15 is 0 Å². The van der Waals surface area contributed by atoms with E-state index in [0.717, 1.165) is 35.5 Å². The number of benzene rings is 2. The Bertz CT molecular complexity index is 1210. The Labute approximate surface area is 292 Å². The Kier molecular flexibility index (Phi) is 13.7. The summed E-state index contributed by atoms with van der Waals surface area (Å²) < 4.78 is 74.7. The summed E-state index contributed by atoms with van der Waals surface area (Å²) in [5.74, 6) is 6.59. The molecule has 4 aliphatic rings. The van der Waals surface area contributed by atoms with Crippen LogP contribution in [0.15, 0.2) is 48.5 Å². The lowest BCUT2D eigenvalue weighted by Crippen LogP contribution is -2.25. The van der Waals surface area contributed by atoms with Gasteiger partial charge in [0.05, 0.1) is 12.8 Å². The molecule has 49 heavy (non-hydrogen) atoms. The number of rotatable bonds is 7. The minimum atomic E-state index is -4.11. The van der Waals surface area contributed by atoms with Crippen molar-refractivity contribution in [3.63, 3.8) is 0 Å². The van der Waals surface area contributed by atoms with Crippen LogP contribution in [-0.4, -0.2) is 12.4 Å². The Morgan fingerprint density at radius 3 is 1.06 bits per heavy atom. The van der Waals surface area contributed by atoms with E-state index in [1.807, 2.05) is 24.3 Å². The van der Waals surface area contributed by atoms with E-state index < -0.39 is 25.2 Å². The summed E-state index contributed by atoms with van der Waals surface area (Å²) in [5.41, 5.74) is 3.21. The van der Waals surface area contributed by atoms with Gasteiger partial charge in [0.1, 0.15) is 0 Å². The summed E-state index contributed by atoms with van der Waals surface area (Å²) in [7, 11) is 0. The highest BCUT2D eigenvalue weighted by Crippen LogP contribution is 2.45. The van der Waals surface area contributed by atoms with Crippen molar-refractivity contribution in [1.82, 2.24) is 0 Å². The van der Waals surface area contributed by atoms with Crippen molar-refractivity contribution in [1.29, 1.82) is 0 Å². The largest absolute Gasteiger partial charge is 0.393 e. The first-order valence-corrected chi connectivity index (χ1v) is 19.7. The molecule has 4 aliphatic carbocycles. The quantitative estimate of drug-likeness (QED) is 0.254. The lowest BCUT2D eigenvalue weighted by molar-refractivity contribution is -0.128. The summed E-state index contributed by atoms with van der Waals surface area (Å²) in [6.07, 6.45) is 12.8. The third kappa shape index (κ3) is 12.1. The normalized spacial score (nSPS) is 31.4. The Balaban J connectivity index is 0.000000191. The van der Waals surface area contributed by atoms with E-state index in [0.29, 0.717) is 23.0 Å². The average Bonchev–Trinajstić information content (AvgIpc) is 3.08. The minimum Gasteiger partial charge on any atom is -0.171 e. The standard InChI is InChI=1S/C22H31F3.C21H29F3/c1-2-16-3-7-18(8-4-16)20-11-13-21(14-12-20)19-9-5-17(6-10-19)15-22(23,24)25;1-15-2-6-17(7-3-15)19-10-12-20(13-11-19)18-8-4-16(5-9-18)14-21(22,23)24/h5-6,9-10,16,18,20-21H,2-4,7-8,11-15H2,1H3;4-5,8-9,15,17,19-20H,2-3,6-7,10-14H2,1H3/t16-,18-,20-,21-;15-,17-,19-,20-. The van der Waals surface area contributed by atoms with E-state index in [9.17, 15) is 26.3 Å². The SMILES string of the molecule is CC[C@H]1CC[C@H]([C@H]2CC[C@H](c3ccc(CC(F)(F)F)cc3)CC2)CC1.C[C@H]1CC[C@H]([C@H]2CC[C@H](c3ccc(CC(F)(F)F)cc3)CC2)CC1. The highest BCUT2D eigenvalue weighted by atomic mass is 19.4. The summed E-state index contributed by atoms with van der Waals surface area (Å²) in [4.78, 5) is 0. The van der Waals surface area contributed by atoms with Crippen LogP contribution in [0.4, 0.5) is 26.3 Å². The predicted molar refractivity (Wildman–Crippen MR) is 189 cm³/mol. The molecule has 4 fully saturated rings. The van der Waals surface area contributed by atoms with Crippen LogP contribution in [0.25, 0.3) is 0 Å². The maximum atomic E-state index is 12.5. The van der Waals surface area contributed by atoms with E-state index in [-0.39, 0.29) is 0 Å². The molecule has 0 saturated heterocycles. The molecule has 0 nitrogen and oxygen atoms in total. The van der Waals surface area contributed by atoms with E-state index in [1.165, 1.54) is 120 Å². The van der Waals surface area contributed by atoms with Crippen LogP contribution in [0.1, 0.15) is 157 Å². The lowest BCUT2D eigenvalue weighted by atomic mass is 9.68. The van der Waals surface area contributed by atoms with Crippen molar-refractivity contribution in [2.24, 2.45) is 35.5 Å². The van der Waals surface area contributed by atoms with Gasteiger partial charge in [-0.3, -0.25) is 0 Å². The first-order chi connectivity index (χ1) is 23.3. The molecule has 0 atom stereocenters. The van der Waals surface area contributed by atoms with Gasteiger partial charge in [0.25, 0.3) is 0 Å². The van der Waals surface area contributed by atoms with Gasteiger partial charge in [-0.25, -0.2) is 0 Å². The molecule has 0 unspecified atom stereocenters. The lowest BCUT2D eigenvalue weighted by Gasteiger charge is -2.38. The van der Waals surface area contributed by atoms with Gasteiger partial charge >= 0.3 is 12.4 Å². The maximum absolute atomic E-state index is 12.5. The molecular formula is C43H60F6. The molecule has 0 heterocycles. The van der Waals surface area contributed by atoms with E-state index in [2.05, 4.69) is 13.8 Å². The second-order valence-electron chi connectivity index (χ2n) is 16.5.